The first-order valence-corrected chi connectivity index (χ1v) is 7.09. The van der Waals surface area contributed by atoms with Crippen LogP contribution in [-0.4, -0.2) is 25.2 Å². The molecule has 1 aromatic rings. The van der Waals surface area contributed by atoms with E-state index in [1.165, 1.54) is 6.42 Å². The Kier molecular flexibility index (Phi) is 4.84. The monoisotopic (exact) mass is 277 g/mol. The summed E-state index contributed by atoms with van der Waals surface area (Å²) in [5, 5.41) is 5.65. The van der Waals surface area contributed by atoms with Crippen LogP contribution in [0.3, 0.4) is 0 Å². The Bertz CT molecular complexity index is 456. The predicted molar refractivity (Wildman–Crippen MR) is 80.0 cm³/mol. The second-order valence-corrected chi connectivity index (χ2v) is 5.46. The van der Waals surface area contributed by atoms with Crippen LogP contribution in [0.15, 0.2) is 24.3 Å². The average molecular weight is 277 g/mol. The molecule has 0 unspecified atom stereocenters. The maximum absolute atomic E-state index is 11.9. The summed E-state index contributed by atoms with van der Waals surface area (Å²) in [5.74, 6) is 0.713. The third-order valence-corrected chi connectivity index (χ3v) is 3.78. The number of nitrogens with two attached hydrogens (primary N) is 1. The van der Waals surface area contributed by atoms with Gasteiger partial charge in [0.25, 0.3) is 0 Å². The molecular formula is C15H23N3O2. The van der Waals surface area contributed by atoms with E-state index in [9.17, 15) is 4.79 Å². The first kappa shape index (κ1) is 14.7. The van der Waals surface area contributed by atoms with Gasteiger partial charge in [0.2, 0.25) is 0 Å². The van der Waals surface area contributed by atoms with Crippen molar-refractivity contribution in [1.82, 2.24) is 5.32 Å². The molecule has 1 fully saturated rings. The number of hydrogen-bond donors (Lipinski definition) is 3. The van der Waals surface area contributed by atoms with Crippen molar-refractivity contribution in [2.75, 3.05) is 19.0 Å². The summed E-state index contributed by atoms with van der Waals surface area (Å²) in [6.07, 6.45) is 5.50. The Morgan fingerprint density at radius 3 is 2.80 bits per heavy atom. The number of carbonyl (C=O) groups excluding carboxylic acids is 1. The van der Waals surface area contributed by atoms with Crippen molar-refractivity contribution in [3.63, 3.8) is 0 Å². The molecule has 4 N–H and O–H groups in total. The minimum absolute atomic E-state index is 0.228. The summed E-state index contributed by atoms with van der Waals surface area (Å²) >= 11 is 0. The lowest BCUT2D eigenvalue weighted by molar-refractivity contribution is 0.241. The lowest BCUT2D eigenvalue weighted by atomic mass is 9.82. The molecule has 2 amide bonds. The minimum Gasteiger partial charge on any atom is -0.497 e. The number of methoxy groups -OCH3 is 1. The van der Waals surface area contributed by atoms with Crippen molar-refractivity contribution >= 4 is 11.7 Å². The quantitative estimate of drug-likeness (QED) is 0.791. The number of carbonyl (C=O) groups is 1. The van der Waals surface area contributed by atoms with Gasteiger partial charge in [0.1, 0.15) is 5.75 Å². The molecule has 0 bridgehead atoms. The number of nitrogens with one attached hydrogen (secondary N) is 2. The second kappa shape index (κ2) is 6.61. The summed E-state index contributed by atoms with van der Waals surface area (Å²) in [7, 11) is 1.60. The Morgan fingerprint density at radius 1 is 1.35 bits per heavy atom. The van der Waals surface area contributed by atoms with E-state index in [1.54, 1.807) is 13.2 Å². The summed E-state index contributed by atoms with van der Waals surface area (Å²) in [6, 6.07) is 7.04. The molecule has 0 heterocycles. The van der Waals surface area contributed by atoms with Gasteiger partial charge < -0.3 is 21.1 Å². The second-order valence-electron chi connectivity index (χ2n) is 5.46. The first-order chi connectivity index (χ1) is 9.61. The van der Waals surface area contributed by atoms with Gasteiger partial charge >= 0.3 is 6.03 Å². The van der Waals surface area contributed by atoms with Gasteiger partial charge in [-0.05, 0) is 25.0 Å². The van der Waals surface area contributed by atoms with Gasteiger partial charge in [-0.1, -0.05) is 25.3 Å². The Morgan fingerprint density at radius 2 is 2.10 bits per heavy atom. The summed E-state index contributed by atoms with van der Waals surface area (Å²) in [4.78, 5) is 11.9. The number of anilines is 1. The third kappa shape index (κ3) is 4.13. The van der Waals surface area contributed by atoms with Gasteiger partial charge in [-0.2, -0.15) is 0 Å². The van der Waals surface area contributed by atoms with Crippen molar-refractivity contribution in [3.8, 4) is 5.75 Å². The zero-order valence-corrected chi connectivity index (χ0v) is 11.9. The van der Waals surface area contributed by atoms with Crippen LogP contribution in [-0.2, 0) is 0 Å². The zero-order chi connectivity index (χ0) is 14.4. The van der Waals surface area contributed by atoms with Crippen LogP contribution >= 0.6 is 0 Å². The van der Waals surface area contributed by atoms with Crippen LogP contribution < -0.4 is 21.1 Å². The van der Waals surface area contributed by atoms with Gasteiger partial charge in [-0.25, -0.2) is 4.79 Å². The summed E-state index contributed by atoms with van der Waals surface area (Å²) in [5.41, 5.74) is 6.74. The Hall–Kier alpha value is -1.75. The largest absolute Gasteiger partial charge is 0.497 e. The van der Waals surface area contributed by atoms with Gasteiger partial charge in [0, 0.05) is 23.8 Å². The number of rotatable bonds is 4. The SMILES string of the molecule is COc1cccc(NC(=O)NCC2(N)CCCCC2)c1. The van der Waals surface area contributed by atoms with Crippen LogP contribution in [0.4, 0.5) is 10.5 Å². The number of ether oxygens (including phenoxy) is 1. The molecule has 0 atom stereocenters. The molecule has 5 heteroatoms. The van der Waals surface area contributed by atoms with E-state index >= 15 is 0 Å². The topological polar surface area (TPSA) is 76.4 Å². The van der Waals surface area contributed by atoms with E-state index in [-0.39, 0.29) is 11.6 Å². The third-order valence-electron chi connectivity index (χ3n) is 3.78. The van der Waals surface area contributed by atoms with E-state index in [4.69, 9.17) is 10.5 Å². The van der Waals surface area contributed by atoms with E-state index in [2.05, 4.69) is 10.6 Å². The van der Waals surface area contributed by atoms with Crippen LogP contribution in [0.25, 0.3) is 0 Å². The van der Waals surface area contributed by atoms with Crippen LogP contribution in [0.5, 0.6) is 5.75 Å². The fourth-order valence-electron chi connectivity index (χ4n) is 2.57. The molecule has 1 aromatic carbocycles. The molecule has 0 aromatic heterocycles. The molecule has 0 saturated heterocycles. The van der Waals surface area contributed by atoms with E-state index in [0.29, 0.717) is 18.0 Å². The van der Waals surface area contributed by atoms with E-state index in [0.717, 1.165) is 25.7 Å². The predicted octanol–water partition coefficient (Wildman–Crippen LogP) is 2.48. The Labute approximate surface area is 119 Å². The molecule has 0 aliphatic heterocycles. The highest BCUT2D eigenvalue weighted by Gasteiger charge is 2.27. The highest BCUT2D eigenvalue weighted by molar-refractivity contribution is 5.89. The van der Waals surface area contributed by atoms with Crippen molar-refractivity contribution in [3.05, 3.63) is 24.3 Å². The highest BCUT2D eigenvalue weighted by atomic mass is 16.5. The maximum Gasteiger partial charge on any atom is 0.319 e. The van der Waals surface area contributed by atoms with Crippen LogP contribution in [0.2, 0.25) is 0 Å². The molecule has 2 rings (SSSR count). The number of hydrogen-bond acceptors (Lipinski definition) is 3. The summed E-state index contributed by atoms with van der Waals surface area (Å²) < 4.78 is 5.12. The number of amides is 2. The molecule has 1 saturated carbocycles. The van der Waals surface area contributed by atoms with Crippen molar-refractivity contribution in [1.29, 1.82) is 0 Å². The standard InChI is InChI=1S/C15H23N3O2/c1-20-13-7-5-6-12(10-13)18-14(19)17-11-15(16)8-3-2-4-9-15/h5-7,10H,2-4,8-9,11,16H2,1H3,(H2,17,18,19). The van der Waals surface area contributed by atoms with Crippen molar-refractivity contribution < 1.29 is 9.53 Å². The van der Waals surface area contributed by atoms with E-state index in [1.807, 2.05) is 18.2 Å². The normalized spacial score (nSPS) is 17.3. The Balaban J connectivity index is 1.82. The summed E-state index contributed by atoms with van der Waals surface area (Å²) in [6.45, 7) is 0.517. The fourth-order valence-corrected chi connectivity index (χ4v) is 2.57. The van der Waals surface area contributed by atoms with Crippen LogP contribution in [0, 0.1) is 0 Å². The smallest absolute Gasteiger partial charge is 0.319 e. The van der Waals surface area contributed by atoms with Crippen LogP contribution in [0.1, 0.15) is 32.1 Å². The molecule has 1 aliphatic carbocycles. The molecule has 20 heavy (non-hydrogen) atoms. The lowest BCUT2D eigenvalue weighted by Crippen LogP contribution is -2.52. The van der Waals surface area contributed by atoms with Gasteiger partial charge in [-0.3, -0.25) is 0 Å². The minimum atomic E-state index is -0.246. The van der Waals surface area contributed by atoms with Crippen molar-refractivity contribution in [2.24, 2.45) is 5.73 Å². The van der Waals surface area contributed by atoms with Gasteiger partial charge in [-0.15, -0.1) is 0 Å². The molecular weight excluding hydrogens is 254 g/mol. The molecule has 1 aliphatic rings. The van der Waals surface area contributed by atoms with Gasteiger partial charge in [0.05, 0.1) is 7.11 Å². The number of urea groups is 1. The highest BCUT2D eigenvalue weighted by Crippen LogP contribution is 2.25. The van der Waals surface area contributed by atoms with Gasteiger partial charge in [0.15, 0.2) is 0 Å². The molecule has 0 radical (unpaired) electrons. The first-order valence-electron chi connectivity index (χ1n) is 7.09. The lowest BCUT2D eigenvalue weighted by Gasteiger charge is -2.33. The van der Waals surface area contributed by atoms with Crippen molar-refractivity contribution in [2.45, 2.75) is 37.6 Å². The van der Waals surface area contributed by atoms with E-state index < -0.39 is 0 Å². The molecule has 110 valence electrons. The maximum atomic E-state index is 11.9. The number of benzene rings is 1. The zero-order valence-electron chi connectivity index (χ0n) is 11.9. The fraction of sp³-hybridized carbons (Fsp3) is 0.533. The average Bonchev–Trinajstić information content (AvgIpc) is 2.46. The molecule has 0 spiro atoms. The molecule has 5 nitrogen and oxygen atoms in total.